The van der Waals surface area contributed by atoms with Crippen molar-refractivity contribution >= 4 is 40.1 Å². The lowest BCUT2D eigenvalue weighted by Crippen LogP contribution is -2.49. The molecule has 42 heavy (non-hydrogen) atoms. The van der Waals surface area contributed by atoms with Crippen LogP contribution in [0.15, 0.2) is 59.5 Å². The number of thioether (sulfide) groups is 1. The van der Waals surface area contributed by atoms with Crippen molar-refractivity contribution in [3.05, 3.63) is 60.2 Å². The number of alkyl halides is 6. The van der Waals surface area contributed by atoms with Gasteiger partial charge >= 0.3 is 11.7 Å². The highest BCUT2D eigenvalue weighted by molar-refractivity contribution is 8.00. The zero-order valence-corrected chi connectivity index (χ0v) is 23.5. The first-order valence-corrected chi connectivity index (χ1v) is 14.5. The van der Waals surface area contributed by atoms with Gasteiger partial charge in [0.1, 0.15) is 12.4 Å². The summed E-state index contributed by atoms with van der Waals surface area (Å²) in [6, 6.07) is 13.7. The van der Waals surface area contributed by atoms with Gasteiger partial charge in [0.2, 0.25) is 5.91 Å². The number of aliphatic hydroxyl groups excluding tert-OH is 1. The van der Waals surface area contributed by atoms with E-state index in [1.807, 2.05) is 4.90 Å². The third kappa shape index (κ3) is 9.15. The molecule has 1 aromatic heterocycles. The van der Waals surface area contributed by atoms with Crippen LogP contribution in [0.2, 0.25) is 0 Å². The lowest BCUT2D eigenvalue weighted by atomic mass is 9.95. The largest absolute Gasteiger partial charge is 0.446 e. The van der Waals surface area contributed by atoms with Gasteiger partial charge in [-0.15, -0.1) is 0 Å². The van der Waals surface area contributed by atoms with Gasteiger partial charge in [-0.3, -0.25) is 4.79 Å². The van der Waals surface area contributed by atoms with E-state index in [2.05, 4.69) is 10.3 Å². The second-order valence-electron chi connectivity index (χ2n) is 10.2. The van der Waals surface area contributed by atoms with E-state index >= 15 is 0 Å². The lowest BCUT2D eigenvalue weighted by Gasteiger charge is -2.35. The SMILES string of the molecule is FC(F)(F)Sc1ccc(NC2CCCCC2)cc1.O=C(CO)N1CCN(c2ccc3cc(C(F)(F)F)ccc3n2)CC1. The van der Waals surface area contributed by atoms with Gasteiger partial charge in [-0.1, -0.05) is 19.3 Å². The monoisotopic (exact) mass is 614 g/mol. The normalized spacial score (nSPS) is 16.6. The number of benzene rings is 2. The number of aliphatic hydroxyl groups is 1. The van der Waals surface area contributed by atoms with Crippen molar-refractivity contribution in [2.75, 3.05) is 43.0 Å². The van der Waals surface area contributed by atoms with Crippen molar-refractivity contribution in [2.45, 2.75) is 54.7 Å². The van der Waals surface area contributed by atoms with Gasteiger partial charge < -0.3 is 20.2 Å². The fourth-order valence-corrected chi connectivity index (χ4v) is 5.53. The molecule has 1 saturated carbocycles. The molecule has 2 heterocycles. The lowest BCUT2D eigenvalue weighted by molar-refractivity contribution is -0.137. The quantitative estimate of drug-likeness (QED) is 0.240. The van der Waals surface area contributed by atoms with Crippen LogP contribution >= 0.6 is 11.8 Å². The van der Waals surface area contributed by atoms with Crippen LogP contribution in [0, 0.1) is 0 Å². The molecular formula is C29H32F6N4O2S. The summed E-state index contributed by atoms with van der Waals surface area (Å²) in [7, 11) is 0. The maximum atomic E-state index is 12.7. The fraction of sp³-hybridized carbons (Fsp3) is 0.448. The summed E-state index contributed by atoms with van der Waals surface area (Å²) in [5, 5.41) is 12.7. The number of rotatable bonds is 5. The summed E-state index contributed by atoms with van der Waals surface area (Å²) in [4.78, 5) is 19.6. The van der Waals surface area contributed by atoms with Crippen LogP contribution in [0.1, 0.15) is 37.7 Å². The van der Waals surface area contributed by atoms with Crippen molar-refractivity contribution in [3.8, 4) is 0 Å². The number of halogens is 6. The number of nitrogens with one attached hydrogen (secondary N) is 1. The molecule has 13 heteroatoms. The van der Waals surface area contributed by atoms with Crippen LogP contribution in [-0.2, 0) is 11.0 Å². The maximum Gasteiger partial charge on any atom is 0.446 e. The fourth-order valence-electron chi connectivity index (χ4n) is 4.99. The number of hydrogen-bond acceptors (Lipinski definition) is 6. The summed E-state index contributed by atoms with van der Waals surface area (Å²) in [5.41, 5.74) is -3.50. The van der Waals surface area contributed by atoms with Crippen LogP contribution in [0.4, 0.5) is 37.8 Å². The highest BCUT2D eigenvalue weighted by Crippen LogP contribution is 2.37. The number of aromatic nitrogens is 1. The predicted molar refractivity (Wildman–Crippen MR) is 151 cm³/mol. The molecule has 3 aromatic rings. The van der Waals surface area contributed by atoms with Crippen molar-refractivity contribution < 1.29 is 36.2 Å². The molecule has 0 bridgehead atoms. The van der Waals surface area contributed by atoms with E-state index in [0.717, 1.165) is 30.7 Å². The number of pyridine rings is 1. The summed E-state index contributed by atoms with van der Waals surface area (Å²) < 4.78 is 74.7. The minimum atomic E-state index is -4.37. The van der Waals surface area contributed by atoms with E-state index in [9.17, 15) is 31.1 Å². The number of piperazine rings is 1. The molecule has 1 aliphatic carbocycles. The molecule has 1 aliphatic heterocycles. The van der Waals surface area contributed by atoms with Gasteiger partial charge in [0.15, 0.2) is 0 Å². The van der Waals surface area contributed by atoms with Crippen molar-refractivity contribution in [2.24, 2.45) is 0 Å². The average Bonchev–Trinajstić information content (AvgIpc) is 2.97. The topological polar surface area (TPSA) is 68.7 Å². The molecule has 1 amide bonds. The standard InChI is InChI=1S/C16H16F3N3O2.C13H16F3NS/c17-16(18,19)12-2-3-13-11(9-12)1-4-14(20-13)21-5-7-22(8-6-21)15(24)10-23;14-13(15,16)18-12-8-6-11(7-9-12)17-10-4-2-1-3-5-10/h1-4,9,23H,5-8,10H2;6-10,17H,1-5H2. The van der Waals surface area contributed by atoms with Crippen LogP contribution in [-0.4, -0.2) is 65.2 Å². The Balaban J connectivity index is 0.000000201. The Morgan fingerprint density at radius 2 is 1.57 bits per heavy atom. The third-order valence-corrected chi connectivity index (χ3v) is 7.90. The van der Waals surface area contributed by atoms with Crippen LogP contribution in [0.3, 0.4) is 0 Å². The number of hydrogen-bond donors (Lipinski definition) is 2. The van der Waals surface area contributed by atoms with E-state index in [0.29, 0.717) is 48.9 Å². The zero-order chi connectivity index (χ0) is 30.3. The molecule has 5 rings (SSSR count). The Bertz CT molecular complexity index is 1320. The number of carbonyl (C=O) groups is 1. The maximum absolute atomic E-state index is 12.7. The second kappa shape index (κ2) is 13.9. The third-order valence-electron chi connectivity index (χ3n) is 7.16. The number of fused-ring (bicyclic) bond motifs is 1. The van der Waals surface area contributed by atoms with E-state index in [1.54, 1.807) is 29.2 Å². The number of nitrogens with zero attached hydrogens (tertiary/aromatic N) is 3. The van der Waals surface area contributed by atoms with E-state index < -0.39 is 23.9 Å². The summed E-state index contributed by atoms with van der Waals surface area (Å²) >= 11 is -0.0723. The number of anilines is 2. The smallest absolute Gasteiger partial charge is 0.387 e. The minimum absolute atomic E-state index is 0.0723. The Hall–Kier alpha value is -3.19. The molecule has 0 atom stereocenters. The first kappa shape index (κ1) is 31.7. The van der Waals surface area contributed by atoms with Gasteiger partial charge in [-0.25, -0.2) is 4.98 Å². The highest BCUT2D eigenvalue weighted by Gasteiger charge is 2.31. The van der Waals surface area contributed by atoms with Gasteiger partial charge in [0.25, 0.3) is 0 Å². The first-order valence-electron chi connectivity index (χ1n) is 13.7. The van der Waals surface area contributed by atoms with E-state index in [1.165, 1.54) is 37.5 Å². The molecule has 0 spiro atoms. The van der Waals surface area contributed by atoms with Gasteiger partial charge in [-0.05, 0) is 79.2 Å². The summed E-state index contributed by atoms with van der Waals surface area (Å²) in [5.74, 6) is 0.360. The van der Waals surface area contributed by atoms with Crippen molar-refractivity contribution in [1.29, 1.82) is 0 Å². The van der Waals surface area contributed by atoms with Crippen LogP contribution in [0.25, 0.3) is 10.9 Å². The van der Waals surface area contributed by atoms with Crippen LogP contribution in [0.5, 0.6) is 0 Å². The van der Waals surface area contributed by atoms with E-state index in [-0.39, 0.29) is 22.6 Å². The second-order valence-corrected chi connectivity index (χ2v) is 11.3. The first-order chi connectivity index (χ1) is 19.9. The molecule has 6 nitrogen and oxygen atoms in total. The van der Waals surface area contributed by atoms with Gasteiger partial charge in [0.05, 0.1) is 11.1 Å². The number of carbonyl (C=O) groups excluding carboxylic acids is 1. The average molecular weight is 615 g/mol. The molecule has 2 fully saturated rings. The van der Waals surface area contributed by atoms with Gasteiger partial charge in [0, 0.05) is 48.2 Å². The summed E-state index contributed by atoms with van der Waals surface area (Å²) in [6.07, 6.45) is 1.69. The number of amides is 1. The Kier molecular flexibility index (Phi) is 10.5. The molecular weight excluding hydrogens is 582 g/mol. The Morgan fingerprint density at radius 3 is 2.17 bits per heavy atom. The van der Waals surface area contributed by atoms with Gasteiger partial charge in [-0.2, -0.15) is 26.3 Å². The zero-order valence-electron chi connectivity index (χ0n) is 22.7. The minimum Gasteiger partial charge on any atom is -0.387 e. The van der Waals surface area contributed by atoms with E-state index in [4.69, 9.17) is 5.11 Å². The highest BCUT2D eigenvalue weighted by atomic mass is 32.2. The summed E-state index contributed by atoms with van der Waals surface area (Å²) in [6.45, 7) is 1.57. The molecule has 0 radical (unpaired) electrons. The molecule has 1 saturated heterocycles. The van der Waals surface area contributed by atoms with Crippen molar-refractivity contribution in [1.82, 2.24) is 9.88 Å². The molecule has 2 aromatic carbocycles. The molecule has 2 aliphatic rings. The van der Waals surface area contributed by atoms with Crippen LogP contribution < -0.4 is 10.2 Å². The molecule has 0 unspecified atom stereocenters. The Morgan fingerprint density at radius 1 is 0.905 bits per heavy atom. The molecule has 2 N–H and O–H groups in total. The predicted octanol–water partition coefficient (Wildman–Crippen LogP) is 6.94. The Labute approximate surface area is 244 Å². The molecule has 228 valence electrons. The van der Waals surface area contributed by atoms with Crippen molar-refractivity contribution in [3.63, 3.8) is 0 Å².